The Morgan fingerprint density at radius 2 is 1.93 bits per heavy atom. The van der Waals surface area contributed by atoms with Crippen LogP contribution < -0.4 is 11.2 Å². The molecule has 3 heterocycles. The van der Waals surface area contributed by atoms with Crippen LogP contribution in [0.4, 0.5) is 0 Å². The summed E-state index contributed by atoms with van der Waals surface area (Å²) in [5.74, 6) is -0.183. The van der Waals surface area contributed by atoms with E-state index < -0.39 is 5.69 Å². The predicted molar refractivity (Wildman–Crippen MR) is 112 cm³/mol. The number of hydrogen-bond acceptors (Lipinski definition) is 5. The molecule has 0 fully saturated rings. The molecule has 0 amide bonds. The molecule has 8 heteroatoms. The molecule has 1 aliphatic rings. The minimum Gasteiger partial charge on any atom is -0.370 e. The standard InChI is InChI=1S/C20H19BrN2O4S/c1-20(2)8-13-15(10-27-20)28-18-16(13)17(25)22(3)19(26)23(18)9-14(24)11-4-6-12(21)7-5-11/h4-7H,8-10H2,1-3H3. The number of carbonyl (C=O) groups excluding carboxylic acids is 1. The molecule has 0 spiro atoms. The second-order valence-electron chi connectivity index (χ2n) is 7.57. The van der Waals surface area contributed by atoms with Crippen LogP contribution in [0.5, 0.6) is 0 Å². The number of aromatic nitrogens is 2. The second kappa shape index (κ2) is 6.79. The van der Waals surface area contributed by atoms with E-state index in [1.165, 1.54) is 23.0 Å². The molecule has 3 aromatic rings. The third-order valence-corrected chi connectivity index (χ3v) is 6.78. The van der Waals surface area contributed by atoms with Gasteiger partial charge in [-0.05, 0) is 31.5 Å². The number of ether oxygens (including phenoxy) is 1. The highest BCUT2D eigenvalue weighted by atomic mass is 79.9. The summed E-state index contributed by atoms with van der Waals surface area (Å²) in [5.41, 5.74) is 0.272. The van der Waals surface area contributed by atoms with Crippen LogP contribution in [0.25, 0.3) is 10.2 Å². The van der Waals surface area contributed by atoms with Crippen LogP contribution in [-0.2, 0) is 31.4 Å². The van der Waals surface area contributed by atoms with Gasteiger partial charge in [0.25, 0.3) is 5.56 Å². The van der Waals surface area contributed by atoms with Crippen LogP contribution in [0, 0.1) is 0 Å². The monoisotopic (exact) mass is 462 g/mol. The van der Waals surface area contributed by atoms with Gasteiger partial charge in [0, 0.05) is 28.4 Å². The summed E-state index contributed by atoms with van der Waals surface area (Å²) in [5, 5.41) is 0.530. The summed E-state index contributed by atoms with van der Waals surface area (Å²) in [6.07, 6.45) is 0.594. The summed E-state index contributed by atoms with van der Waals surface area (Å²) in [4.78, 5) is 39.9. The number of carbonyl (C=O) groups is 1. The first-order valence-electron chi connectivity index (χ1n) is 8.85. The average Bonchev–Trinajstić information content (AvgIpc) is 3.01. The Bertz CT molecular complexity index is 1220. The second-order valence-corrected chi connectivity index (χ2v) is 9.57. The van der Waals surface area contributed by atoms with Crippen LogP contribution in [0.2, 0.25) is 0 Å². The summed E-state index contributed by atoms with van der Waals surface area (Å²) >= 11 is 4.72. The van der Waals surface area contributed by atoms with Gasteiger partial charge in [-0.15, -0.1) is 11.3 Å². The Morgan fingerprint density at radius 1 is 1.25 bits per heavy atom. The van der Waals surface area contributed by atoms with E-state index in [2.05, 4.69) is 15.9 Å². The first kappa shape index (κ1) is 19.3. The molecule has 0 saturated carbocycles. The lowest BCUT2D eigenvalue weighted by Crippen LogP contribution is -2.39. The molecule has 0 atom stereocenters. The predicted octanol–water partition coefficient (Wildman–Crippen LogP) is 3.26. The van der Waals surface area contributed by atoms with Crippen LogP contribution in [0.3, 0.4) is 0 Å². The van der Waals surface area contributed by atoms with Crippen LogP contribution in [-0.4, -0.2) is 20.5 Å². The number of ketones is 1. The topological polar surface area (TPSA) is 70.3 Å². The van der Waals surface area contributed by atoms with Gasteiger partial charge in [-0.3, -0.25) is 18.7 Å². The number of Topliss-reactive ketones (excluding diaryl/α,β-unsaturated/α-hetero) is 1. The van der Waals surface area contributed by atoms with Crippen molar-refractivity contribution in [2.75, 3.05) is 0 Å². The molecule has 0 bridgehead atoms. The van der Waals surface area contributed by atoms with Crippen molar-refractivity contribution in [1.29, 1.82) is 0 Å². The third-order valence-electron chi connectivity index (χ3n) is 5.02. The largest absolute Gasteiger partial charge is 0.370 e. The fourth-order valence-electron chi connectivity index (χ4n) is 3.48. The molecule has 6 nitrogen and oxygen atoms in total. The summed E-state index contributed by atoms with van der Waals surface area (Å²) < 4.78 is 9.24. The van der Waals surface area contributed by atoms with E-state index in [1.54, 1.807) is 24.3 Å². The zero-order valence-electron chi connectivity index (χ0n) is 15.7. The summed E-state index contributed by atoms with van der Waals surface area (Å²) in [6.45, 7) is 4.25. The Kier molecular flexibility index (Phi) is 4.68. The highest BCUT2D eigenvalue weighted by Crippen LogP contribution is 2.37. The number of fused-ring (bicyclic) bond motifs is 3. The molecular weight excluding hydrogens is 444 g/mol. The van der Waals surface area contributed by atoms with E-state index in [1.807, 2.05) is 13.8 Å². The van der Waals surface area contributed by atoms with Crippen molar-refractivity contribution in [3.05, 3.63) is 65.6 Å². The van der Waals surface area contributed by atoms with Gasteiger partial charge in [-0.25, -0.2) is 4.79 Å². The van der Waals surface area contributed by atoms with E-state index in [0.29, 0.717) is 28.8 Å². The maximum Gasteiger partial charge on any atom is 0.332 e. The first-order chi connectivity index (χ1) is 13.2. The van der Waals surface area contributed by atoms with Gasteiger partial charge in [-0.1, -0.05) is 28.1 Å². The van der Waals surface area contributed by atoms with Crippen molar-refractivity contribution in [2.24, 2.45) is 7.05 Å². The highest BCUT2D eigenvalue weighted by Gasteiger charge is 2.31. The van der Waals surface area contributed by atoms with Gasteiger partial charge >= 0.3 is 5.69 Å². The third kappa shape index (κ3) is 3.19. The minimum atomic E-state index is -0.485. The van der Waals surface area contributed by atoms with Gasteiger partial charge < -0.3 is 4.74 Å². The number of hydrogen-bond donors (Lipinski definition) is 0. The van der Waals surface area contributed by atoms with Crippen molar-refractivity contribution in [3.63, 3.8) is 0 Å². The average molecular weight is 463 g/mol. The van der Waals surface area contributed by atoms with E-state index in [9.17, 15) is 14.4 Å². The van der Waals surface area contributed by atoms with Gasteiger partial charge in [-0.2, -0.15) is 0 Å². The van der Waals surface area contributed by atoms with E-state index in [0.717, 1.165) is 19.5 Å². The van der Waals surface area contributed by atoms with Gasteiger partial charge in [0.05, 0.1) is 24.1 Å². The van der Waals surface area contributed by atoms with E-state index in [4.69, 9.17) is 4.74 Å². The lowest BCUT2D eigenvalue weighted by Gasteiger charge is -2.29. The molecule has 0 N–H and O–H groups in total. The van der Waals surface area contributed by atoms with Crippen molar-refractivity contribution >= 4 is 43.3 Å². The van der Waals surface area contributed by atoms with E-state index in [-0.39, 0.29) is 23.5 Å². The maximum absolute atomic E-state index is 12.9. The molecule has 146 valence electrons. The molecule has 0 unspecified atom stereocenters. The van der Waals surface area contributed by atoms with Gasteiger partial charge in [0.15, 0.2) is 5.78 Å². The van der Waals surface area contributed by atoms with E-state index >= 15 is 0 Å². The zero-order chi connectivity index (χ0) is 20.2. The Labute approximate surface area is 173 Å². The summed E-state index contributed by atoms with van der Waals surface area (Å²) in [6, 6.07) is 7.00. The number of thiophene rings is 1. The lowest BCUT2D eigenvalue weighted by molar-refractivity contribution is -0.0379. The van der Waals surface area contributed by atoms with Crippen LogP contribution >= 0.6 is 27.3 Å². The fourth-order valence-corrected chi connectivity index (χ4v) is 4.96. The highest BCUT2D eigenvalue weighted by molar-refractivity contribution is 9.10. The van der Waals surface area contributed by atoms with Gasteiger partial charge in [0.1, 0.15) is 4.83 Å². The van der Waals surface area contributed by atoms with Crippen molar-refractivity contribution < 1.29 is 9.53 Å². The van der Waals surface area contributed by atoms with Crippen molar-refractivity contribution in [1.82, 2.24) is 9.13 Å². The molecule has 28 heavy (non-hydrogen) atoms. The molecule has 1 aliphatic heterocycles. The SMILES string of the molecule is Cn1c(=O)c2c3c(sc2n(CC(=O)c2ccc(Br)cc2)c1=O)COC(C)(C)C3. The number of nitrogens with zero attached hydrogens (tertiary/aromatic N) is 2. The summed E-state index contributed by atoms with van der Waals surface area (Å²) in [7, 11) is 1.46. The molecule has 2 aromatic heterocycles. The zero-order valence-corrected chi connectivity index (χ0v) is 18.1. The van der Waals surface area contributed by atoms with Crippen LogP contribution in [0.15, 0.2) is 38.3 Å². The molecule has 0 aliphatic carbocycles. The maximum atomic E-state index is 12.9. The Hall–Kier alpha value is -2.03. The number of rotatable bonds is 3. The fraction of sp³-hybridized carbons (Fsp3) is 0.350. The molecule has 1 aromatic carbocycles. The quantitative estimate of drug-likeness (QED) is 0.560. The molecular formula is C20H19BrN2O4S. The Balaban J connectivity index is 1.88. The normalized spacial score (nSPS) is 15.6. The van der Waals surface area contributed by atoms with Gasteiger partial charge in [0.2, 0.25) is 0 Å². The number of benzene rings is 1. The first-order valence-corrected chi connectivity index (χ1v) is 10.5. The number of halogens is 1. The molecule has 4 rings (SSSR count). The minimum absolute atomic E-state index is 0.116. The lowest BCUT2D eigenvalue weighted by atomic mass is 9.94. The molecule has 0 saturated heterocycles. The smallest absolute Gasteiger partial charge is 0.332 e. The molecule has 0 radical (unpaired) electrons. The Morgan fingerprint density at radius 3 is 2.61 bits per heavy atom. The van der Waals surface area contributed by atoms with Crippen molar-refractivity contribution in [2.45, 2.75) is 39.0 Å². The van der Waals surface area contributed by atoms with Crippen molar-refractivity contribution in [3.8, 4) is 0 Å². The van der Waals surface area contributed by atoms with Crippen LogP contribution in [0.1, 0.15) is 34.6 Å².